The van der Waals surface area contributed by atoms with E-state index in [2.05, 4.69) is 25.5 Å². The van der Waals surface area contributed by atoms with Gasteiger partial charge in [0.15, 0.2) is 5.65 Å². The molecule has 0 spiro atoms. The van der Waals surface area contributed by atoms with E-state index in [4.69, 9.17) is 0 Å². The number of hydrogen-bond donors (Lipinski definition) is 3. The van der Waals surface area contributed by atoms with Crippen LogP contribution in [0.2, 0.25) is 0 Å². The standard InChI is InChI=1S/C22H21N7O5S2.Na.H/c30-14(8-35-18-13-6-25-27-17(13)23-9-24-18)26-15-20(32)29-16(22(33)34)11(7-36-21(15)29)5-10-3-4-28(19(10)31)12-1-2-12;;/h5-6,9,12,15,21H,1-4,7-8H2,(H,26,30)(H,33,34)(H,23,24,25,27);;/b10-5+;;/t15-,21-;;/m1../s1. The summed E-state index contributed by atoms with van der Waals surface area (Å²) < 4.78 is 0. The molecule has 0 radical (unpaired) electrons. The zero-order valence-electron chi connectivity index (χ0n) is 18.8. The molecular formula is C22H22N7NaO5S2. The van der Waals surface area contributed by atoms with Gasteiger partial charge in [0.2, 0.25) is 11.8 Å². The number of fused-ring (bicyclic) bond motifs is 2. The second-order valence-corrected chi connectivity index (χ2v) is 11.0. The van der Waals surface area contributed by atoms with Crippen molar-refractivity contribution in [2.75, 3.05) is 18.1 Å². The third-order valence-electron chi connectivity index (χ3n) is 6.56. The van der Waals surface area contributed by atoms with Gasteiger partial charge in [-0.25, -0.2) is 14.8 Å². The SMILES string of the molecule is O=C(CSc1ncnc2[nH]ncc12)N[C@@H]1C(=O)N2C(C(=O)O)=C(/C=C3\CCN(C4CC4)C3=O)CS[C@H]12.[NaH]. The number of aromatic nitrogens is 4. The number of aromatic amines is 1. The maximum atomic E-state index is 12.9. The van der Waals surface area contributed by atoms with Crippen LogP contribution in [-0.2, 0) is 19.2 Å². The number of allylic oxidation sites excluding steroid dienone is 1. The van der Waals surface area contributed by atoms with Crippen molar-refractivity contribution in [2.24, 2.45) is 0 Å². The zero-order valence-corrected chi connectivity index (χ0v) is 20.5. The first-order valence-electron chi connectivity index (χ1n) is 11.4. The van der Waals surface area contributed by atoms with Crippen molar-refractivity contribution in [1.29, 1.82) is 0 Å². The van der Waals surface area contributed by atoms with Crippen LogP contribution >= 0.6 is 23.5 Å². The molecule has 5 heterocycles. The number of carbonyl (C=O) groups excluding carboxylic acids is 3. The molecule has 2 aromatic rings. The fraction of sp³-hybridized carbons (Fsp3) is 0.409. The van der Waals surface area contributed by atoms with Crippen LogP contribution in [0.25, 0.3) is 11.0 Å². The quantitative estimate of drug-likeness (QED) is 0.139. The molecule has 2 saturated heterocycles. The van der Waals surface area contributed by atoms with Crippen molar-refractivity contribution in [3.63, 3.8) is 0 Å². The summed E-state index contributed by atoms with van der Waals surface area (Å²) in [5, 5.41) is 20.1. The molecule has 3 aliphatic heterocycles. The van der Waals surface area contributed by atoms with Gasteiger partial charge in [-0.05, 0) is 30.9 Å². The van der Waals surface area contributed by atoms with Crippen molar-refractivity contribution in [2.45, 2.75) is 41.7 Å². The van der Waals surface area contributed by atoms with Gasteiger partial charge in [-0.1, -0.05) is 11.8 Å². The molecule has 3 N–H and O–H groups in total. The predicted octanol–water partition coefficient (Wildman–Crippen LogP) is -0.144. The molecule has 37 heavy (non-hydrogen) atoms. The molecule has 188 valence electrons. The van der Waals surface area contributed by atoms with Crippen LogP contribution in [0.15, 0.2) is 40.5 Å². The molecule has 0 bridgehead atoms. The average molecular weight is 552 g/mol. The van der Waals surface area contributed by atoms with Crippen LogP contribution in [-0.4, -0.2) is 124 Å². The topological polar surface area (TPSA) is 161 Å². The molecule has 2 aromatic heterocycles. The van der Waals surface area contributed by atoms with E-state index >= 15 is 0 Å². The fourth-order valence-corrected chi connectivity index (χ4v) is 6.76. The number of nitrogens with zero attached hydrogens (tertiary/aromatic N) is 5. The molecule has 3 fully saturated rings. The summed E-state index contributed by atoms with van der Waals surface area (Å²) in [7, 11) is 0. The summed E-state index contributed by atoms with van der Waals surface area (Å²) in [6.07, 6.45) is 7.20. The van der Waals surface area contributed by atoms with Gasteiger partial charge in [0.05, 0.1) is 17.3 Å². The molecule has 12 nitrogen and oxygen atoms in total. The van der Waals surface area contributed by atoms with Crippen LogP contribution in [0, 0.1) is 0 Å². The van der Waals surface area contributed by atoms with Crippen LogP contribution in [0.1, 0.15) is 19.3 Å². The summed E-state index contributed by atoms with van der Waals surface area (Å²) >= 11 is 2.58. The minimum atomic E-state index is -1.22. The molecular weight excluding hydrogens is 529 g/mol. The number of β-lactam (4-membered cyclic amide) rings is 1. The van der Waals surface area contributed by atoms with Crippen molar-refractivity contribution >= 4 is 87.8 Å². The second kappa shape index (κ2) is 10.4. The van der Waals surface area contributed by atoms with Crippen LogP contribution in [0.3, 0.4) is 0 Å². The fourth-order valence-electron chi connectivity index (χ4n) is 4.67. The number of thioether (sulfide) groups is 2. The number of carboxylic acids is 1. The van der Waals surface area contributed by atoms with E-state index < -0.39 is 23.3 Å². The first-order valence-corrected chi connectivity index (χ1v) is 13.4. The Morgan fingerprint density at radius 3 is 2.86 bits per heavy atom. The van der Waals surface area contributed by atoms with Gasteiger partial charge in [-0.15, -0.1) is 11.8 Å². The molecule has 1 aliphatic carbocycles. The Bertz CT molecular complexity index is 1370. The van der Waals surface area contributed by atoms with Gasteiger partial charge in [0.1, 0.15) is 28.5 Å². The van der Waals surface area contributed by atoms with E-state index in [9.17, 15) is 24.3 Å². The summed E-state index contributed by atoms with van der Waals surface area (Å²) in [5.74, 6) is -1.75. The minimum absolute atomic E-state index is 0. The first-order chi connectivity index (χ1) is 17.4. The van der Waals surface area contributed by atoms with Gasteiger partial charge in [-0.3, -0.25) is 24.4 Å². The van der Waals surface area contributed by atoms with E-state index in [0.717, 1.165) is 12.8 Å². The molecule has 0 unspecified atom stereocenters. The number of hydrogen-bond acceptors (Lipinski definition) is 9. The Morgan fingerprint density at radius 2 is 2.11 bits per heavy atom. The number of aliphatic carboxylic acids is 1. The van der Waals surface area contributed by atoms with Crippen molar-refractivity contribution in [3.8, 4) is 0 Å². The van der Waals surface area contributed by atoms with E-state index in [-0.39, 0.29) is 52.8 Å². The Labute approximate surface area is 241 Å². The van der Waals surface area contributed by atoms with Gasteiger partial charge >= 0.3 is 35.5 Å². The number of amides is 3. The number of nitrogens with one attached hydrogen (secondary N) is 2. The van der Waals surface area contributed by atoms with Gasteiger partial charge in [-0.2, -0.15) is 5.10 Å². The first kappa shape index (κ1) is 26.2. The Balaban J connectivity index is 0.00000280. The number of likely N-dealkylation sites (tertiary alicyclic amines) is 1. The predicted molar refractivity (Wildman–Crippen MR) is 137 cm³/mol. The molecule has 1 saturated carbocycles. The Hall–Kier alpha value is -2.39. The maximum absolute atomic E-state index is 12.9. The summed E-state index contributed by atoms with van der Waals surface area (Å²) in [4.78, 5) is 61.6. The van der Waals surface area contributed by atoms with E-state index in [1.165, 1.54) is 34.8 Å². The summed E-state index contributed by atoms with van der Waals surface area (Å²) in [6, 6.07) is -0.509. The van der Waals surface area contributed by atoms with Gasteiger partial charge < -0.3 is 15.3 Å². The zero-order chi connectivity index (χ0) is 25.0. The van der Waals surface area contributed by atoms with Crippen LogP contribution < -0.4 is 5.32 Å². The molecule has 0 aromatic carbocycles. The molecule has 4 aliphatic rings. The number of carbonyl (C=O) groups is 4. The van der Waals surface area contributed by atoms with Gasteiger partial charge in [0.25, 0.3) is 5.91 Å². The Kier molecular flexibility index (Phi) is 7.38. The summed E-state index contributed by atoms with van der Waals surface area (Å²) in [5.41, 5.74) is 1.49. The third-order valence-corrected chi connectivity index (χ3v) is 8.87. The number of carboxylic acid groups (broad SMARTS) is 1. The number of rotatable bonds is 7. The Morgan fingerprint density at radius 1 is 1.30 bits per heavy atom. The van der Waals surface area contributed by atoms with Crippen molar-refractivity contribution in [3.05, 3.63) is 35.4 Å². The molecule has 2 atom stereocenters. The second-order valence-electron chi connectivity index (χ2n) is 8.88. The monoisotopic (exact) mass is 551 g/mol. The van der Waals surface area contributed by atoms with E-state index in [0.29, 0.717) is 52.0 Å². The molecule has 3 amide bonds. The molecule has 6 rings (SSSR count). The molecule has 15 heteroatoms. The average Bonchev–Trinajstić information content (AvgIpc) is 3.48. The summed E-state index contributed by atoms with van der Waals surface area (Å²) in [6.45, 7) is 0.649. The van der Waals surface area contributed by atoms with Crippen molar-refractivity contribution in [1.82, 2.24) is 35.3 Å². The number of H-pyrrole nitrogens is 1. The third kappa shape index (κ3) is 4.80. The van der Waals surface area contributed by atoms with Gasteiger partial charge in [0, 0.05) is 23.9 Å². The van der Waals surface area contributed by atoms with Crippen LogP contribution in [0.5, 0.6) is 0 Å². The van der Waals surface area contributed by atoms with E-state index in [1.807, 2.05) is 4.90 Å². The normalized spacial score (nSPS) is 24.3. The van der Waals surface area contributed by atoms with Crippen molar-refractivity contribution < 1.29 is 24.3 Å². The van der Waals surface area contributed by atoms with Crippen LogP contribution in [0.4, 0.5) is 0 Å². The van der Waals surface area contributed by atoms with E-state index in [1.54, 1.807) is 12.3 Å².